The summed E-state index contributed by atoms with van der Waals surface area (Å²) >= 11 is 0. The van der Waals surface area contributed by atoms with Crippen molar-refractivity contribution in [3.05, 3.63) is 11.5 Å². The maximum atomic E-state index is 5.62. The number of hydrogen-bond acceptors (Lipinski definition) is 3. The Kier molecular flexibility index (Phi) is 2.77. The molecule has 58 valence electrons. The number of hydrogen-bond donors (Lipinski definition) is 2. The Labute approximate surface area is 62.8 Å². The molecule has 4 heteroatoms. The van der Waals surface area contributed by atoms with Gasteiger partial charge in [-0.25, -0.2) is 0 Å². The summed E-state index contributed by atoms with van der Waals surface area (Å²) in [6.07, 6.45) is 3.93. The van der Waals surface area contributed by atoms with Crippen LogP contribution < -0.4 is 11.5 Å². The third kappa shape index (κ3) is 1.75. The van der Waals surface area contributed by atoms with Gasteiger partial charge in [0.05, 0.1) is 0 Å². The molecule has 0 amide bonds. The van der Waals surface area contributed by atoms with Crippen molar-refractivity contribution in [1.29, 1.82) is 0 Å². The lowest BCUT2D eigenvalue weighted by molar-refractivity contribution is 0.291. The minimum Gasteiger partial charge on any atom is -0.414 e. The molecule has 1 saturated heterocycles. The van der Waals surface area contributed by atoms with Crippen LogP contribution in [0, 0.1) is 0 Å². The Balaban J connectivity index is 2.39. The summed E-state index contributed by atoms with van der Waals surface area (Å²) < 4.78 is 5.50. The number of rotatable bonds is 1. The van der Waals surface area contributed by atoms with E-state index in [1.54, 1.807) is 0 Å². The van der Waals surface area contributed by atoms with Crippen molar-refractivity contribution < 1.29 is 4.43 Å². The molecule has 0 spiro atoms. The summed E-state index contributed by atoms with van der Waals surface area (Å²) in [5, 5.41) is 0.805. The highest BCUT2D eigenvalue weighted by Crippen LogP contribution is 2.13. The van der Waals surface area contributed by atoms with Crippen LogP contribution in [-0.4, -0.2) is 15.6 Å². The monoisotopic (exact) mass is 158 g/mol. The van der Waals surface area contributed by atoms with E-state index in [1.807, 2.05) is 0 Å². The Morgan fingerprint density at radius 2 is 2.30 bits per heavy atom. The van der Waals surface area contributed by atoms with Crippen LogP contribution in [0.3, 0.4) is 0 Å². The molecule has 3 nitrogen and oxygen atoms in total. The minimum atomic E-state index is -1.21. The normalized spacial score (nSPS) is 28.4. The van der Waals surface area contributed by atoms with Crippen molar-refractivity contribution in [1.82, 2.24) is 0 Å². The first-order valence-corrected chi connectivity index (χ1v) is 5.50. The Bertz CT molecular complexity index is 132. The van der Waals surface area contributed by atoms with Crippen molar-refractivity contribution in [2.75, 3.05) is 6.61 Å². The van der Waals surface area contributed by atoms with Crippen molar-refractivity contribution >= 4 is 9.04 Å². The van der Waals surface area contributed by atoms with Crippen LogP contribution in [0.1, 0.15) is 12.8 Å². The molecule has 1 heterocycles. The van der Waals surface area contributed by atoms with Crippen LogP contribution in [0.25, 0.3) is 0 Å². The lowest BCUT2D eigenvalue weighted by atomic mass is 10.4. The smallest absolute Gasteiger partial charge is 0.225 e. The zero-order valence-electron chi connectivity index (χ0n) is 6.05. The summed E-state index contributed by atoms with van der Waals surface area (Å²) in [4.78, 5) is 0. The van der Waals surface area contributed by atoms with Crippen LogP contribution in [0.15, 0.2) is 11.5 Å². The van der Waals surface area contributed by atoms with E-state index in [-0.39, 0.29) is 0 Å². The zero-order chi connectivity index (χ0) is 7.40. The molecule has 4 N–H and O–H groups in total. The van der Waals surface area contributed by atoms with E-state index in [0.29, 0.717) is 0 Å². The first-order valence-electron chi connectivity index (χ1n) is 3.63. The Hall–Kier alpha value is -0.483. The summed E-state index contributed by atoms with van der Waals surface area (Å²) in [7, 11) is -1.21. The lowest BCUT2D eigenvalue weighted by Crippen LogP contribution is -2.30. The highest BCUT2D eigenvalue weighted by molar-refractivity contribution is 6.60. The van der Waals surface area contributed by atoms with Crippen LogP contribution >= 0.6 is 0 Å². The molecule has 0 aromatic carbocycles. The van der Waals surface area contributed by atoms with Crippen LogP contribution in [-0.2, 0) is 4.43 Å². The molecule has 1 aliphatic rings. The van der Waals surface area contributed by atoms with Gasteiger partial charge in [-0.2, -0.15) is 0 Å². The predicted molar refractivity (Wildman–Crippen MR) is 43.6 cm³/mol. The third-order valence-electron chi connectivity index (χ3n) is 1.74. The lowest BCUT2D eigenvalue weighted by Gasteiger charge is -2.20. The van der Waals surface area contributed by atoms with Crippen LogP contribution in [0.5, 0.6) is 0 Å². The van der Waals surface area contributed by atoms with Gasteiger partial charge in [0.15, 0.2) is 0 Å². The second kappa shape index (κ2) is 3.63. The van der Waals surface area contributed by atoms with E-state index >= 15 is 0 Å². The molecular weight excluding hydrogens is 144 g/mol. The first-order chi connectivity index (χ1) is 4.84. The molecule has 1 unspecified atom stereocenters. The molecule has 1 rings (SSSR count). The highest BCUT2D eigenvalue weighted by atomic mass is 28.3. The van der Waals surface area contributed by atoms with Crippen molar-refractivity contribution in [3.8, 4) is 0 Å². The molecule has 0 aromatic heterocycles. The fourth-order valence-corrected chi connectivity index (χ4v) is 3.13. The van der Waals surface area contributed by atoms with E-state index < -0.39 is 9.04 Å². The Morgan fingerprint density at radius 1 is 1.50 bits per heavy atom. The van der Waals surface area contributed by atoms with E-state index in [2.05, 4.69) is 0 Å². The average Bonchev–Trinajstić information content (AvgIpc) is 2.05. The van der Waals surface area contributed by atoms with Gasteiger partial charge in [-0.15, -0.1) is 0 Å². The second-order valence-electron chi connectivity index (χ2n) is 2.52. The molecule has 0 bridgehead atoms. The first kappa shape index (κ1) is 7.62. The van der Waals surface area contributed by atoms with Gasteiger partial charge >= 0.3 is 0 Å². The van der Waals surface area contributed by atoms with E-state index in [9.17, 15) is 0 Å². The molecular formula is C6H14N2OSi. The molecule has 10 heavy (non-hydrogen) atoms. The van der Waals surface area contributed by atoms with Gasteiger partial charge in [0, 0.05) is 18.1 Å². The maximum absolute atomic E-state index is 5.62. The summed E-state index contributed by atoms with van der Waals surface area (Å²) in [5.74, 6) is 0. The maximum Gasteiger partial charge on any atom is 0.225 e. The van der Waals surface area contributed by atoms with Gasteiger partial charge in [0.2, 0.25) is 9.04 Å². The van der Waals surface area contributed by atoms with E-state index in [0.717, 1.165) is 18.0 Å². The zero-order valence-corrected chi connectivity index (χ0v) is 7.20. The van der Waals surface area contributed by atoms with Gasteiger partial charge in [0.25, 0.3) is 0 Å². The quantitative estimate of drug-likeness (QED) is 0.520. The standard InChI is InChI=1S/C6H14N2OSi/c7-5-6(8)10-4-2-1-3-9-10/h5,10H,1-4,7-8H2/b6-5+. The number of nitrogens with two attached hydrogens (primary N) is 2. The molecule has 1 atom stereocenters. The van der Waals surface area contributed by atoms with E-state index in [1.165, 1.54) is 19.0 Å². The van der Waals surface area contributed by atoms with Gasteiger partial charge in [0.1, 0.15) is 0 Å². The topological polar surface area (TPSA) is 61.3 Å². The fourth-order valence-electron chi connectivity index (χ4n) is 1.11. The third-order valence-corrected chi connectivity index (χ3v) is 4.25. The summed E-state index contributed by atoms with van der Waals surface area (Å²) in [6.45, 7) is 0.880. The van der Waals surface area contributed by atoms with Gasteiger partial charge < -0.3 is 15.9 Å². The molecule has 0 aromatic rings. The molecule has 0 aliphatic carbocycles. The molecule has 0 saturated carbocycles. The average molecular weight is 158 g/mol. The van der Waals surface area contributed by atoms with Gasteiger partial charge in [-0.3, -0.25) is 0 Å². The SMILES string of the molecule is N/C=C(\N)[SiH]1CCCCO1. The van der Waals surface area contributed by atoms with Crippen LogP contribution in [0.4, 0.5) is 0 Å². The van der Waals surface area contributed by atoms with Crippen molar-refractivity contribution in [2.45, 2.75) is 18.9 Å². The molecule has 1 aliphatic heterocycles. The molecule has 0 radical (unpaired) electrons. The highest BCUT2D eigenvalue weighted by Gasteiger charge is 2.17. The predicted octanol–water partition coefficient (Wildman–Crippen LogP) is -0.181. The van der Waals surface area contributed by atoms with Gasteiger partial charge in [-0.1, -0.05) is 6.42 Å². The summed E-state index contributed by atoms with van der Waals surface area (Å²) in [5.41, 5.74) is 10.9. The molecule has 1 fully saturated rings. The second-order valence-corrected chi connectivity index (χ2v) is 5.08. The van der Waals surface area contributed by atoms with E-state index in [4.69, 9.17) is 15.9 Å². The van der Waals surface area contributed by atoms with Crippen molar-refractivity contribution in [3.63, 3.8) is 0 Å². The van der Waals surface area contributed by atoms with Crippen LogP contribution in [0.2, 0.25) is 6.04 Å². The Morgan fingerprint density at radius 3 is 2.80 bits per heavy atom. The largest absolute Gasteiger partial charge is 0.414 e. The van der Waals surface area contributed by atoms with Crippen molar-refractivity contribution in [2.24, 2.45) is 11.5 Å². The van der Waals surface area contributed by atoms with Gasteiger partial charge in [-0.05, 0) is 12.5 Å². The fraction of sp³-hybridized carbons (Fsp3) is 0.667. The summed E-state index contributed by atoms with van der Waals surface area (Å²) in [6, 6.07) is 1.15. The minimum absolute atomic E-state index is 0.805.